The minimum Gasteiger partial charge on any atom is -0.502 e. The van der Waals surface area contributed by atoms with Gasteiger partial charge in [-0.25, -0.2) is 0 Å². The summed E-state index contributed by atoms with van der Waals surface area (Å²) in [6, 6.07) is 4.47. The quantitative estimate of drug-likeness (QED) is 0.447. The van der Waals surface area contributed by atoms with Gasteiger partial charge in [-0.15, -0.1) is 24.0 Å². The van der Waals surface area contributed by atoms with Gasteiger partial charge in [-0.1, -0.05) is 0 Å². The van der Waals surface area contributed by atoms with Crippen LogP contribution < -0.4 is 0 Å². The van der Waals surface area contributed by atoms with Crippen molar-refractivity contribution >= 4 is 39.7 Å². The summed E-state index contributed by atoms with van der Waals surface area (Å²) in [4.78, 5) is 9.90. The average Bonchev–Trinajstić information content (AvgIpc) is 2.42. The molecule has 6 heteroatoms. The molecule has 2 aromatic rings. The van der Waals surface area contributed by atoms with Gasteiger partial charge in [0.05, 0.1) is 9.13 Å². The Balaban J connectivity index is 2.76. The zero-order valence-corrected chi connectivity index (χ0v) is 8.51. The van der Waals surface area contributed by atoms with Crippen LogP contribution in [0.5, 0.6) is 5.75 Å². The van der Waals surface area contributed by atoms with Crippen LogP contribution in [0.4, 0.5) is 5.69 Å². The molecule has 0 radical (unpaired) electrons. The van der Waals surface area contributed by atoms with E-state index in [0.717, 1.165) is 14.3 Å². The highest BCUT2D eigenvalue weighted by molar-refractivity contribution is 7.83. The summed E-state index contributed by atoms with van der Waals surface area (Å²) >= 11 is 5.50. The zero-order valence-electron chi connectivity index (χ0n) is 6.80. The summed E-state index contributed by atoms with van der Waals surface area (Å²) in [6.07, 6.45) is 0. The SMILES string of the molecule is O=[N+]([O-])c1cc2cc(S)sc2cc1O. The van der Waals surface area contributed by atoms with Crippen molar-refractivity contribution in [1.29, 1.82) is 0 Å². The molecule has 14 heavy (non-hydrogen) atoms. The molecule has 0 bridgehead atoms. The maximum Gasteiger partial charge on any atom is 0.311 e. The molecular weight excluding hydrogens is 222 g/mol. The maximum absolute atomic E-state index is 10.5. The normalized spacial score (nSPS) is 10.6. The average molecular weight is 227 g/mol. The smallest absolute Gasteiger partial charge is 0.311 e. The lowest BCUT2D eigenvalue weighted by Crippen LogP contribution is -1.87. The highest BCUT2D eigenvalue weighted by Gasteiger charge is 2.15. The van der Waals surface area contributed by atoms with Crippen molar-refractivity contribution in [2.45, 2.75) is 4.21 Å². The first kappa shape index (κ1) is 9.29. The number of hydrogen-bond donors (Lipinski definition) is 2. The Morgan fingerprint density at radius 2 is 2.14 bits per heavy atom. The van der Waals surface area contributed by atoms with E-state index < -0.39 is 4.92 Å². The standard InChI is InChI=1S/C8H5NO3S2/c10-6-3-7-4(2-8(13)14-7)1-5(6)9(11)12/h1-3,10,13H. The lowest BCUT2D eigenvalue weighted by Gasteiger charge is -1.95. The molecule has 0 aliphatic carbocycles. The summed E-state index contributed by atoms with van der Waals surface area (Å²) in [6.45, 7) is 0. The van der Waals surface area contributed by atoms with E-state index in [4.69, 9.17) is 0 Å². The first-order valence-corrected chi connectivity index (χ1v) is 4.94. The van der Waals surface area contributed by atoms with Crippen LogP contribution in [-0.2, 0) is 0 Å². The molecule has 4 nitrogen and oxygen atoms in total. The molecule has 0 spiro atoms. The van der Waals surface area contributed by atoms with Crippen LogP contribution >= 0.6 is 24.0 Å². The molecule has 72 valence electrons. The summed E-state index contributed by atoms with van der Waals surface area (Å²) in [7, 11) is 0. The first-order valence-electron chi connectivity index (χ1n) is 3.68. The van der Waals surface area contributed by atoms with Gasteiger partial charge >= 0.3 is 5.69 Å². The van der Waals surface area contributed by atoms with E-state index in [1.54, 1.807) is 6.07 Å². The molecule has 1 heterocycles. The van der Waals surface area contributed by atoms with E-state index in [-0.39, 0.29) is 11.4 Å². The first-order chi connectivity index (χ1) is 6.58. The third-order valence-corrected chi connectivity index (χ3v) is 3.10. The lowest BCUT2D eigenvalue weighted by atomic mass is 10.2. The molecule has 0 fully saturated rings. The Morgan fingerprint density at radius 3 is 2.79 bits per heavy atom. The number of thiophene rings is 1. The fourth-order valence-electron chi connectivity index (χ4n) is 1.20. The van der Waals surface area contributed by atoms with Gasteiger partial charge in [-0.2, -0.15) is 0 Å². The minimum atomic E-state index is -0.607. The lowest BCUT2D eigenvalue weighted by molar-refractivity contribution is -0.385. The summed E-state index contributed by atoms with van der Waals surface area (Å²) in [5, 5.41) is 20.6. The molecular formula is C8H5NO3S2. The summed E-state index contributed by atoms with van der Waals surface area (Å²) in [5.74, 6) is -0.308. The van der Waals surface area contributed by atoms with Crippen molar-refractivity contribution in [3.63, 3.8) is 0 Å². The van der Waals surface area contributed by atoms with Crippen molar-refractivity contribution in [3.05, 3.63) is 28.3 Å². The minimum absolute atomic E-state index is 0.274. The number of benzene rings is 1. The number of rotatable bonds is 1. The number of thiol groups is 1. The third-order valence-electron chi connectivity index (χ3n) is 1.80. The number of nitro benzene ring substituents is 1. The van der Waals surface area contributed by atoms with Gasteiger partial charge in [0.2, 0.25) is 0 Å². The maximum atomic E-state index is 10.5. The Morgan fingerprint density at radius 1 is 1.43 bits per heavy atom. The molecule has 0 saturated carbocycles. The van der Waals surface area contributed by atoms with Gasteiger partial charge in [-0.3, -0.25) is 10.1 Å². The van der Waals surface area contributed by atoms with Crippen molar-refractivity contribution in [3.8, 4) is 5.75 Å². The number of aromatic hydroxyl groups is 1. The fourth-order valence-corrected chi connectivity index (χ4v) is 2.45. The Kier molecular flexibility index (Phi) is 2.09. The van der Waals surface area contributed by atoms with Crippen molar-refractivity contribution in [1.82, 2.24) is 0 Å². The van der Waals surface area contributed by atoms with Crippen LogP contribution in [0.3, 0.4) is 0 Å². The summed E-state index contributed by atoms with van der Waals surface area (Å²) < 4.78 is 1.55. The number of phenolic OH excluding ortho intramolecular Hbond substituents is 1. The van der Waals surface area contributed by atoms with Crippen LogP contribution in [0.2, 0.25) is 0 Å². The highest BCUT2D eigenvalue weighted by atomic mass is 32.2. The topological polar surface area (TPSA) is 63.4 Å². The van der Waals surface area contributed by atoms with Crippen molar-refractivity contribution in [2.24, 2.45) is 0 Å². The number of nitrogens with zero attached hydrogens (tertiary/aromatic N) is 1. The van der Waals surface area contributed by atoms with Crippen molar-refractivity contribution < 1.29 is 10.0 Å². The molecule has 0 aliphatic heterocycles. The molecule has 2 rings (SSSR count). The number of nitro groups is 1. The van der Waals surface area contributed by atoms with Gasteiger partial charge in [0.1, 0.15) is 0 Å². The molecule has 1 aromatic carbocycles. The molecule has 0 amide bonds. The molecule has 0 aliphatic rings. The van der Waals surface area contributed by atoms with Gasteiger partial charge in [0.25, 0.3) is 0 Å². The molecule has 1 aromatic heterocycles. The van der Waals surface area contributed by atoms with Crippen LogP contribution in [0, 0.1) is 10.1 Å². The molecule has 0 unspecified atom stereocenters. The third kappa shape index (κ3) is 1.42. The van der Waals surface area contributed by atoms with Gasteiger partial charge in [0, 0.05) is 22.2 Å². The fraction of sp³-hybridized carbons (Fsp3) is 0. The Hall–Kier alpha value is -1.27. The highest BCUT2D eigenvalue weighted by Crippen LogP contribution is 2.36. The monoisotopic (exact) mass is 227 g/mol. The van der Waals surface area contributed by atoms with E-state index in [9.17, 15) is 15.2 Å². The summed E-state index contributed by atoms with van der Waals surface area (Å²) in [5.41, 5.74) is -0.274. The van der Waals surface area contributed by atoms with Crippen LogP contribution in [0.25, 0.3) is 10.1 Å². The molecule has 0 saturated heterocycles. The Bertz CT molecular complexity index is 521. The molecule has 0 atom stereocenters. The van der Waals surface area contributed by atoms with E-state index in [0.29, 0.717) is 0 Å². The van der Waals surface area contributed by atoms with Crippen molar-refractivity contribution in [2.75, 3.05) is 0 Å². The molecule has 1 N–H and O–H groups in total. The van der Waals surface area contributed by atoms with Gasteiger partial charge < -0.3 is 5.11 Å². The zero-order chi connectivity index (χ0) is 10.3. The second-order valence-electron chi connectivity index (χ2n) is 2.72. The van der Waals surface area contributed by atoms with E-state index in [1.807, 2.05) is 0 Å². The number of fused-ring (bicyclic) bond motifs is 1. The second kappa shape index (κ2) is 3.14. The van der Waals surface area contributed by atoms with Gasteiger partial charge in [0.15, 0.2) is 5.75 Å². The predicted molar refractivity (Wildman–Crippen MR) is 57.4 cm³/mol. The number of phenols is 1. The predicted octanol–water partition coefficient (Wildman–Crippen LogP) is 2.80. The van der Waals surface area contributed by atoms with E-state index in [1.165, 1.54) is 23.5 Å². The Labute approximate surface area is 88.4 Å². The van der Waals surface area contributed by atoms with E-state index >= 15 is 0 Å². The van der Waals surface area contributed by atoms with Gasteiger partial charge in [-0.05, 0) is 6.07 Å². The second-order valence-corrected chi connectivity index (χ2v) is 4.59. The van der Waals surface area contributed by atoms with Crippen LogP contribution in [-0.4, -0.2) is 10.0 Å². The largest absolute Gasteiger partial charge is 0.502 e. The van der Waals surface area contributed by atoms with Crippen LogP contribution in [0.1, 0.15) is 0 Å². The number of hydrogen-bond acceptors (Lipinski definition) is 5. The van der Waals surface area contributed by atoms with Crippen LogP contribution in [0.15, 0.2) is 22.4 Å². The van der Waals surface area contributed by atoms with E-state index in [2.05, 4.69) is 12.6 Å².